The standard InChI is InChI=1S/C23H32N2O3/c1-23(2,3)20(22(27)28-4)24-21(26)18-15-25(14-16-10-6-5-7-11-16)19-13-9-8-12-17(18)19/h8-9,12-13,15-16,20H,5-7,10-11,14H2,1-4H3,(H,24,26). The lowest BCUT2D eigenvalue weighted by Gasteiger charge is -2.28. The van der Waals surface area contributed by atoms with Gasteiger partial charge in [0.1, 0.15) is 6.04 Å². The molecule has 3 rings (SSSR count). The molecule has 1 aliphatic carbocycles. The minimum Gasteiger partial charge on any atom is -0.467 e. The van der Waals surface area contributed by atoms with Gasteiger partial charge in [-0.1, -0.05) is 58.2 Å². The number of fused-ring (bicyclic) bond motifs is 1. The Hall–Kier alpha value is -2.30. The molecular weight excluding hydrogens is 352 g/mol. The highest BCUT2D eigenvalue weighted by molar-refractivity contribution is 6.08. The second-order valence-electron chi connectivity index (χ2n) is 9.01. The van der Waals surface area contributed by atoms with E-state index in [1.807, 2.05) is 45.2 Å². The SMILES string of the molecule is COC(=O)C(NC(=O)c1cn(CC2CCCCC2)c2ccccc12)C(C)(C)C. The van der Waals surface area contributed by atoms with Gasteiger partial charge in [-0.05, 0) is 30.2 Å². The molecule has 2 aromatic rings. The molecule has 152 valence electrons. The van der Waals surface area contributed by atoms with Crippen molar-refractivity contribution in [2.45, 2.75) is 65.5 Å². The Balaban J connectivity index is 1.89. The number of methoxy groups -OCH3 is 1. The van der Waals surface area contributed by atoms with Crippen LogP contribution in [-0.4, -0.2) is 29.6 Å². The molecule has 1 fully saturated rings. The van der Waals surface area contributed by atoms with E-state index in [1.54, 1.807) is 0 Å². The van der Waals surface area contributed by atoms with E-state index in [-0.39, 0.29) is 5.91 Å². The highest BCUT2D eigenvalue weighted by atomic mass is 16.5. The average molecular weight is 385 g/mol. The topological polar surface area (TPSA) is 60.3 Å². The number of ether oxygens (including phenoxy) is 1. The number of hydrogen-bond acceptors (Lipinski definition) is 3. The number of esters is 1. The number of nitrogens with zero attached hydrogens (tertiary/aromatic N) is 1. The molecule has 1 heterocycles. The fourth-order valence-corrected chi connectivity index (χ4v) is 4.18. The predicted octanol–water partition coefficient (Wildman–Crippen LogP) is 4.54. The van der Waals surface area contributed by atoms with Crippen LogP contribution in [0.2, 0.25) is 0 Å². The summed E-state index contributed by atoms with van der Waals surface area (Å²) in [6, 6.07) is 7.30. The van der Waals surface area contributed by atoms with E-state index in [4.69, 9.17) is 4.74 Å². The molecule has 0 radical (unpaired) electrons. The quantitative estimate of drug-likeness (QED) is 0.770. The first kappa shape index (κ1) is 20.4. The lowest BCUT2D eigenvalue weighted by Crippen LogP contribution is -2.49. The summed E-state index contributed by atoms with van der Waals surface area (Å²) >= 11 is 0. The minimum absolute atomic E-state index is 0.232. The van der Waals surface area contributed by atoms with Crippen LogP contribution in [0, 0.1) is 11.3 Å². The van der Waals surface area contributed by atoms with Gasteiger partial charge in [-0.25, -0.2) is 4.79 Å². The van der Waals surface area contributed by atoms with Crippen LogP contribution in [0.15, 0.2) is 30.5 Å². The number of aromatic nitrogens is 1. The van der Waals surface area contributed by atoms with E-state index in [0.717, 1.165) is 17.4 Å². The molecule has 1 unspecified atom stereocenters. The molecule has 0 bridgehead atoms. The number of para-hydroxylation sites is 1. The number of carbonyl (C=O) groups excluding carboxylic acids is 2. The van der Waals surface area contributed by atoms with Crippen LogP contribution in [0.4, 0.5) is 0 Å². The molecule has 1 amide bonds. The normalized spacial score (nSPS) is 16.7. The Bertz CT molecular complexity index is 841. The number of hydrogen-bond donors (Lipinski definition) is 1. The van der Waals surface area contributed by atoms with E-state index in [1.165, 1.54) is 39.2 Å². The maximum Gasteiger partial charge on any atom is 0.328 e. The minimum atomic E-state index is -0.703. The summed E-state index contributed by atoms with van der Waals surface area (Å²) in [4.78, 5) is 25.3. The summed E-state index contributed by atoms with van der Waals surface area (Å²) < 4.78 is 7.12. The molecule has 1 atom stereocenters. The van der Waals surface area contributed by atoms with Crippen molar-refractivity contribution in [1.29, 1.82) is 0 Å². The van der Waals surface area contributed by atoms with Gasteiger partial charge in [-0.15, -0.1) is 0 Å². The monoisotopic (exact) mass is 384 g/mol. The summed E-state index contributed by atoms with van der Waals surface area (Å²) in [5.41, 5.74) is 1.25. The number of benzene rings is 1. The molecule has 5 heteroatoms. The molecule has 0 aliphatic heterocycles. The van der Waals surface area contributed by atoms with E-state index < -0.39 is 17.4 Å². The summed E-state index contributed by atoms with van der Waals surface area (Å²) in [5, 5.41) is 3.83. The van der Waals surface area contributed by atoms with Gasteiger partial charge >= 0.3 is 5.97 Å². The van der Waals surface area contributed by atoms with Gasteiger partial charge < -0.3 is 14.6 Å². The van der Waals surface area contributed by atoms with Crippen molar-refractivity contribution in [1.82, 2.24) is 9.88 Å². The maximum absolute atomic E-state index is 13.1. The van der Waals surface area contributed by atoms with Crippen LogP contribution in [0.5, 0.6) is 0 Å². The van der Waals surface area contributed by atoms with Gasteiger partial charge in [0.25, 0.3) is 5.91 Å². The highest BCUT2D eigenvalue weighted by Gasteiger charge is 2.34. The van der Waals surface area contributed by atoms with Crippen LogP contribution in [0.25, 0.3) is 10.9 Å². The molecule has 1 aromatic carbocycles. The molecule has 1 aromatic heterocycles. The molecule has 1 saturated carbocycles. The predicted molar refractivity (Wildman–Crippen MR) is 111 cm³/mol. The number of carbonyl (C=O) groups is 2. The van der Waals surface area contributed by atoms with E-state index in [9.17, 15) is 9.59 Å². The van der Waals surface area contributed by atoms with E-state index in [2.05, 4.69) is 16.0 Å². The Labute approximate surface area is 167 Å². The zero-order valence-electron chi connectivity index (χ0n) is 17.5. The lowest BCUT2D eigenvalue weighted by molar-refractivity contribution is -0.145. The Morgan fingerprint density at radius 2 is 1.86 bits per heavy atom. The van der Waals surface area contributed by atoms with Crippen LogP contribution >= 0.6 is 0 Å². The molecule has 1 aliphatic rings. The number of amides is 1. The first-order valence-corrected chi connectivity index (χ1v) is 10.3. The van der Waals surface area contributed by atoms with Crippen LogP contribution < -0.4 is 5.32 Å². The second-order valence-corrected chi connectivity index (χ2v) is 9.01. The van der Waals surface area contributed by atoms with Crippen molar-refractivity contribution in [2.24, 2.45) is 11.3 Å². The van der Waals surface area contributed by atoms with Gasteiger partial charge in [0.2, 0.25) is 0 Å². The van der Waals surface area contributed by atoms with Crippen molar-refractivity contribution >= 4 is 22.8 Å². The van der Waals surface area contributed by atoms with Crippen molar-refractivity contribution in [2.75, 3.05) is 7.11 Å². The number of nitrogens with one attached hydrogen (secondary N) is 1. The molecule has 0 saturated heterocycles. The fraction of sp³-hybridized carbons (Fsp3) is 0.565. The number of rotatable bonds is 5. The third-order valence-corrected chi connectivity index (χ3v) is 5.79. The average Bonchev–Trinajstić information content (AvgIpc) is 3.04. The van der Waals surface area contributed by atoms with Crippen molar-refractivity contribution in [3.8, 4) is 0 Å². The van der Waals surface area contributed by atoms with Gasteiger partial charge in [0.15, 0.2) is 0 Å². The first-order chi connectivity index (χ1) is 13.3. The van der Waals surface area contributed by atoms with Crippen molar-refractivity contribution in [3.63, 3.8) is 0 Å². The fourth-order valence-electron chi connectivity index (χ4n) is 4.18. The largest absolute Gasteiger partial charge is 0.467 e. The Morgan fingerprint density at radius 3 is 2.50 bits per heavy atom. The van der Waals surface area contributed by atoms with Gasteiger partial charge in [-0.3, -0.25) is 4.79 Å². The zero-order valence-corrected chi connectivity index (χ0v) is 17.5. The van der Waals surface area contributed by atoms with Crippen LogP contribution in [0.1, 0.15) is 63.2 Å². The van der Waals surface area contributed by atoms with E-state index in [0.29, 0.717) is 11.5 Å². The van der Waals surface area contributed by atoms with E-state index >= 15 is 0 Å². The Morgan fingerprint density at radius 1 is 1.18 bits per heavy atom. The van der Waals surface area contributed by atoms with Crippen molar-refractivity contribution in [3.05, 3.63) is 36.0 Å². The molecule has 28 heavy (non-hydrogen) atoms. The molecular formula is C23H32N2O3. The summed E-state index contributed by atoms with van der Waals surface area (Å²) in [6.45, 7) is 6.69. The third-order valence-electron chi connectivity index (χ3n) is 5.79. The molecule has 5 nitrogen and oxygen atoms in total. The third kappa shape index (κ3) is 4.40. The van der Waals surface area contributed by atoms with Crippen LogP contribution in [-0.2, 0) is 16.1 Å². The zero-order chi connectivity index (χ0) is 20.3. The summed E-state index contributed by atoms with van der Waals surface area (Å²) in [6.07, 6.45) is 8.38. The summed E-state index contributed by atoms with van der Waals surface area (Å²) in [5.74, 6) is 0.00794. The van der Waals surface area contributed by atoms with Gasteiger partial charge in [-0.2, -0.15) is 0 Å². The summed E-state index contributed by atoms with van der Waals surface area (Å²) in [7, 11) is 1.35. The smallest absolute Gasteiger partial charge is 0.328 e. The lowest BCUT2D eigenvalue weighted by atomic mass is 9.86. The maximum atomic E-state index is 13.1. The second kappa shape index (κ2) is 8.38. The highest BCUT2D eigenvalue weighted by Crippen LogP contribution is 2.29. The Kier molecular flexibility index (Phi) is 6.11. The van der Waals surface area contributed by atoms with Crippen LogP contribution in [0.3, 0.4) is 0 Å². The molecule has 1 N–H and O–H groups in total. The van der Waals surface area contributed by atoms with Gasteiger partial charge in [0.05, 0.1) is 12.7 Å². The van der Waals surface area contributed by atoms with Crippen molar-refractivity contribution < 1.29 is 14.3 Å². The van der Waals surface area contributed by atoms with Gasteiger partial charge in [0, 0.05) is 23.6 Å². The molecule has 0 spiro atoms. The first-order valence-electron chi connectivity index (χ1n) is 10.3.